The topological polar surface area (TPSA) is 60.7 Å². The fraction of sp³-hybridized carbons (Fsp3) is 0.111. The molecule has 0 fully saturated rings. The predicted molar refractivity (Wildman–Crippen MR) is 48.6 cm³/mol. The molecular formula is C9H7FN4O. The fourth-order valence-corrected chi connectivity index (χ4v) is 1.11. The Bertz CT molecular complexity index is 491. The zero-order valence-corrected chi connectivity index (χ0v) is 7.88. The van der Waals surface area contributed by atoms with Crippen LogP contribution >= 0.6 is 0 Å². The molecule has 6 heteroatoms. The fourth-order valence-electron chi connectivity index (χ4n) is 1.11. The van der Waals surface area contributed by atoms with E-state index < -0.39 is 5.82 Å². The highest BCUT2D eigenvalue weighted by atomic mass is 19.1. The van der Waals surface area contributed by atoms with Crippen LogP contribution < -0.4 is 0 Å². The van der Waals surface area contributed by atoms with E-state index in [0.29, 0.717) is 0 Å². The predicted octanol–water partition coefficient (Wildman–Crippen LogP) is 0.580. The maximum atomic E-state index is 12.6. The van der Waals surface area contributed by atoms with Crippen LogP contribution in [0, 0.1) is 5.82 Å². The van der Waals surface area contributed by atoms with Crippen molar-refractivity contribution in [3.05, 3.63) is 42.0 Å². The molecule has 0 N–H and O–H groups in total. The molecule has 0 spiro atoms. The van der Waals surface area contributed by atoms with E-state index in [2.05, 4.69) is 15.2 Å². The molecule has 0 aliphatic rings. The molecule has 76 valence electrons. The van der Waals surface area contributed by atoms with Crippen LogP contribution in [-0.4, -0.2) is 25.5 Å². The van der Waals surface area contributed by atoms with E-state index in [1.807, 2.05) is 0 Å². The van der Waals surface area contributed by atoms with Gasteiger partial charge in [0.05, 0.1) is 6.20 Å². The first kappa shape index (κ1) is 9.45. The van der Waals surface area contributed by atoms with Crippen molar-refractivity contribution in [3.8, 4) is 0 Å². The lowest BCUT2D eigenvalue weighted by molar-refractivity contribution is 0.102. The van der Waals surface area contributed by atoms with Gasteiger partial charge in [0, 0.05) is 7.05 Å². The number of hydrogen-bond acceptors (Lipinski definition) is 4. The Kier molecular flexibility index (Phi) is 2.24. The van der Waals surface area contributed by atoms with Gasteiger partial charge in [-0.3, -0.25) is 4.79 Å². The summed E-state index contributed by atoms with van der Waals surface area (Å²) < 4.78 is 14.0. The van der Waals surface area contributed by atoms with Crippen molar-refractivity contribution in [1.82, 2.24) is 19.7 Å². The highest BCUT2D eigenvalue weighted by Crippen LogP contribution is 2.04. The SMILES string of the molecule is Cn1cnnc1C(=O)c1ccc(F)cn1. The van der Waals surface area contributed by atoms with Gasteiger partial charge in [-0.05, 0) is 12.1 Å². The number of carbonyl (C=O) groups excluding carboxylic acids is 1. The number of halogens is 1. The lowest BCUT2D eigenvalue weighted by Crippen LogP contribution is -2.10. The first-order chi connectivity index (χ1) is 7.18. The Morgan fingerprint density at radius 3 is 2.80 bits per heavy atom. The van der Waals surface area contributed by atoms with Crippen LogP contribution in [0.2, 0.25) is 0 Å². The molecule has 2 heterocycles. The van der Waals surface area contributed by atoms with E-state index in [0.717, 1.165) is 6.20 Å². The number of ketones is 1. The van der Waals surface area contributed by atoms with E-state index >= 15 is 0 Å². The van der Waals surface area contributed by atoms with Crippen molar-refractivity contribution in [2.24, 2.45) is 7.05 Å². The normalized spacial score (nSPS) is 10.3. The summed E-state index contributed by atoms with van der Waals surface area (Å²) in [6, 6.07) is 2.49. The van der Waals surface area contributed by atoms with E-state index in [1.54, 1.807) is 7.05 Å². The first-order valence-electron chi connectivity index (χ1n) is 4.19. The minimum absolute atomic E-state index is 0.146. The molecule has 2 aromatic heterocycles. The number of aromatic nitrogens is 4. The third-order valence-electron chi connectivity index (χ3n) is 1.87. The molecule has 5 nitrogen and oxygen atoms in total. The first-order valence-corrected chi connectivity index (χ1v) is 4.19. The number of aryl methyl sites for hydroxylation is 1. The van der Waals surface area contributed by atoms with Gasteiger partial charge in [-0.25, -0.2) is 9.37 Å². The third kappa shape index (κ3) is 1.74. The highest BCUT2D eigenvalue weighted by molar-refractivity contribution is 6.05. The van der Waals surface area contributed by atoms with E-state index in [9.17, 15) is 9.18 Å². The lowest BCUT2D eigenvalue weighted by atomic mass is 10.2. The molecule has 0 radical (unpaired) electrons. The van der Waals surface area contributed by atoms with Crippen molar-refractivity contribution in [2.45, 2.75) is 0 Å². The largest absolute Gasteiger partial charge is 0.314 e. The smallest absolute Gasteiger partial charge is 0.248 e. The summed E-state index contributed by atoms with van der Waals surface area (Å²) in [6.45, 7) is 0. The van der Waals surface area contributed by atoms with Crippen molar-refractivity contribution >= 4 is 5.78 Å². The molecule has 15 heavy (non-hydrogen) atoms. The molecule has 0 saturated carbocycles. The number of hydrogen-bond donors (Lipinski definition) is 0. The zero-order chi connectivity index (χ0) is 10.8. The van der Waals surface area contributed by atoms with Crippen LogP contribution in [0.5, 0.6) is 0 Å². The summed E-state index contributed by atoms with van der Waals surface area (Å²) in [5.74, 6) is -0.686. The highest BCUT2D eigenvalue weighted by Gasteiger charge is 2.15. The molecule has 0 saturated heterocycles. The molecule has 0 aromatic carbocycles. The van der Waals surface area contributed by atoms with Gasteiger partial charge in [0.25, 0.3) is 0 Å². The standard InChI is InChI=1S/C9H7FN4O/c1-14-5-12-13-9(14)8(15)7-3-2-6(10)4-11-7/h2-5H,1H3. The van der Waals surface area contributed by atoms with Gasteiger partial charge < -0.3 is 4.57 Å². The molecule has 2 rings (SSSR count). The van der Waals surface area contributed by atoms with Crippen LogP contribution in [-0.2, 0) is 7.05 Å². The molecule has 2 aromatic rings. The summed E-state index contributed by atoms with van der Waals surface area (Å²) in [7, 11) is 1.65. The molecule has 0 aliphatic heterocycles. The van der Waals surface area contributed by atoms with Crippen LogP contribution in [0.1, 0.15) is 16.3 Å². The Morgan fingerprint density at radius 1 is 1.47 bits per heavy atom. The van der Waals surface area contributed by atoms with Gasteiger partial charge in [-0.15, -0.1) is 10.2 Å². The Hall–Kier alpha value is -2.11. The molecule has 0 atom stereocenters. The monoisotopic (exact) mass is 206 g/mol. The average Bonchev–Trinajstić information content (AvgIpc) is 2.65. The van der Waals surface area contributed by atoms with Gasteiger partial charge in [0.2, 0.25) is 11.6 Å². The quantitative estimate of drug-likeness (QED) is 0.674. The summed E-state index contributed by atoms with van der Waals surface area (Å²) in [4.78, 5) is 15.4. The third-order valence-corrected chi connectivity index (χ3v) is 1.87. The van der Waals surface area contributed by atoms with Crippen LogP contribution in [0.3, 0.4) is 0 Å². The number of rotatable bonds is 2. The zero-order valence-electron chi connectivity index (χ0n) is 7.88. The Morgan fingerprint density at radius 2 is 2.27 bits per heavy atom. The van der Waals surface area contributed by atoms with Gasteiger partial charge in [0.1, 0.15) is 17.8 Å². The van der Waals surface area contributed by atoms with Gasteiger partial charge in [-0.1, -0.05) is 0 Å². The van der Waals surface area contributed by atoms with E-state index in [4.69, 9.17) is 0 Å². The molecule has 0 aliphatic carbocycles. The van der Waals surface area contributed by atoms with Crippen molar-refractivity contribution < 1.29 is 9.18 Å². The van der Waals surface area contributed by atoms with Gasteiger partial charge in [-0.2, -0.15) is 0 Å². The van der Waals surface area contributed by atoms with Crippen molar-refractivity contribution in [3.63, 3.8) is 0 Å². The maximum absolute atomic E-state index is 12.6. The number of nitrogens with zero attached hydrogens (tertiary/aromatic N) is 4. The summed E-state index contributed by atoms with van der Waals surface area (Å²) in [5, 5.41) is 7.22. The second kappa shape index (κ2) is 3.56. The Labute approximate surface area is 84.6 Å². The summed E-state index contributed by atoms with van der Waals surface area (Å²) in [5.41, 5.74) is 0.146. The number of carbonyl (C=O) groups is 1. The summed E-state index contributed by atoms with van der Waals surface area (Å²) in [6.07, 6.45) is 2.40. The van der Waals surface area contributed by atoms with Crippen molar-refractivity contribution in [1.29, 1.82) is 0 Å². The van der Waals surface area contributed by atoms with Gasteiger partial charge >= 0.3 is 0 Å². The van der Waals surface area contributed by atoms with E-state index in [1.165, 1.54) is 23.0 Å². The van der Waals surface area contributed by atoms with Crippen LogP contribution in [0.15, 0.2) is 24.7 Å². The lowest BCUT2D eigenvalue weighted by Gasteiger charge is -1.98. The second-order valence-corrected chi connectivity index (χ2v) is 2.96. The number of pyridine rings is 1. The maximum Gasteiger partial charge on any atom is 0.248 e. The average molecular weight is 206 g/mol. The molecule has 0 amide bonds. The van der Waals surface area contributed by atoms with Crippen LogP contribution in [0.25, 0.3) is 0 Å². The minimum atomic E-state index is -0.482. The summed E-state index contributed by atoms with van der Waals surface area (Å²) >= 11 is 0. The van der Waals surface area contributed by atoms with Crippen LogP contribution in [0.4, 0.5) is 4.39 Å². The Balaban J connectivity index is 2.37. The van der Waals surface area contributed by atoms with E-state index in [-0.39, 0.29) is 17.3 Å². The molecule has 0 unspecified atom stereocenters. The van der Waals surface area contributed by atoms with Gasteiger partial charge in [0.15, 0.2) is 0 Å². The minimum Gasteiger partial charge on any atom is -0.314 e. The molecule has 0 bridgehead atoms. The molecular weight excluding hydrogens is 199 g/mol. The van der Waals surface area contributed by atoms with Crippen molar-refractivity contribution in [2.75, 3.05) is 0 Å². The second-order valence-electron chi connectivity index (χ2n) is 2.96.